The number of likely N-dealkylation sites (tertiary alicyclic amines) is 1. The SMILES string of the molecule is O=C1N(Cc2ccsc2)CCO[C@@]12CN(CC1CC1)C[C@H]2c1cccnc1. The van der Waals surface area contributed by atoms with Crippen LogP contribution in [0.15, 0.2) is 41.4 Å². The largest absolute Gasteiger partial charge is 0.361 e. The highest BCUT2D eigenvalue weighted by Crippen LogP contribution is 2.43. The topological polar surface area (TPSA) is 45.7 Å². The molecule has 2 aromatic heterocycles. The monoisotopic (exact) mass is 383 g/mol. The number of carbonyl (C=O) groups is 1. The maximum atomic E-state index is 13.7. The summed E-state index contributed by atoms with van der Waals surface area (Å²) in [5, 5.41) is 4.20. The van der Waals surface area contributed by atoms with Gasteiger partial charge in [-0.3, -0.25) is 14.7 Å². The van der Waals surface area contributed by atoms with E-state index in [0.29, 0.717) is 26.2 Å². The summed E-state index contributed by atoms with van der Waals surface area (Å²) < 4.78 is 6.33. The first-order valence-electron chi connectivity index (χ1n) is 9.81. The summed E-state index contributed by atoms with van der Waals surface area (Å²) in [5.41, 5.74) is 1.55. The van der Waals surface area contributed by atoms with E-state index in [1.807, 2.05) is 17.2 Å². The molecule has 2 atom stereocenters. The lowest BCUT2D eigenvalue weighted by molar-refractivity contribution is -0.173. The van der Waals surface area contributed by atoms with Gasteiger partial charge in [0, 0.05) is 51.0 Å². The quantitative estimate of drug-likeness (QED) is 0.797. The Hall–Kier alpha value is -1.76. The standard InChI is InChI=1S/C21H25N3O2S/c25-20-21(26-8-7-24(20)12-17-5-9-27-14-17)15-23(11-16-3-4-16)13-19(21)18-2-1-6-22-10-18/h1-2,5-6,9-10,14,16,19H,3-4,7-8,11-13,15H2/t19-,21+/m0/s1. The highest BCUT2D eigenvalue weighted by Gasteiger charge is 2.57. The van der Waals surface area contributed by atoms with E-state index >= 15 is 0 Å². The van der Waals surface area contributed by atoms with Crippen LogP contribution in [-0.2, 0) is 16.1 Å². The number of hydrogen-bond acceptors (Lipinski definition) is 5. The molecule has 4 heterocycles. The number of aromatic nitrogens is 1. The molecule has 3 aliphatic rings. The van der Waals surface area contributed by atoms with Crippen LogP contribution in [0.25, 0.3) is 0 Å². The first-order chi connectivity index (χ1) is 13.2. The molecule has 0 radical (unpaired) electrons. The summed E-state index contributed by atoms with van der Waals surface area (Å²) >= 11 is 1.68. The summed E-state index contributed by atoms with van der Waals surface area (Å²) in [6.45, 7) is 4.60. The van der Waals surface area contributed by atoms with Crippen LogP contribution in [0.4, 0.5) is 0 Å². The summed E-state index contributed by atoms with van der Waals surface area (Å²) in [7, 11) is 0. The van der Waals surface area contributed by atoms with Gasteiger partial charge in [-0.15, -0.1) is 0 Å². The predicted octanol–water partition coefficient (Wildman–Crippen LogP) is 2.75. The second-order valence-corrected chi connectivity index (χ2v) is 8.85. The molecule has 2 saturated heterocycles. The van der Waals surface area contributed by atoms with Crippen molar-refractivity contribution in [2.75, 3.05) is 32.8 Å². The van der Waals surface area contributed by atoms with Crippen molar-refractivity contribution in [2.24, 2.45) is 5.92 Å². The number of thiophene rings is 1. The number of hydrogen-bond donors (Lipinski definition) is 0. The fraction of sp³-hybridized carbons (Fsp3) is 0.524. The summed E-state index contributed by atoms with van der Waals surface area (Å²) in [6, 6.07) is 6.16. The Morgan fingerprint density at radius 3 is 3.00 bits per heavy atom. The number of nitrogens with zero attached hydrogens (tertiary/aromatic N) is 3. The molecule has 5 nitrogen and oxygen atoms in total. The third-order valence-corrected chi connectivity index (χ3v) is 6.82. The van der Waals surface area contributed by atoms with Gasteiger partial charge in [0.05, 0.1) is 6.61 Å². The summed E-state index contributed by atoms with van der Waals surface area (Å²) in [5.74, 6) is 0.991. The van der Waals surface area contributed by atoms with Crippen molar-refractivity contribution in [3.05, 3.63) is 52.5 Å². The zero-order valence-corrected chi connectivity index (χ0v) is 16.2. The minimum Gasteiger partial charge on any atom is -0.361 e. The first-order valence-corrected chi connectivity index (χ1v) is 10.8. The molecule has 0 unspecified atom stereocenters. The summed E-state index contributed by atoms with van der Waals surface area (Å²) in [6.07, 6.45) is 6.33. The van der Waals surface area contributed by atoms with Gasteiger partial charge in [-0.1, -0.05) is 6.07 Å². The maximum Gasteiger partial charge on any atom is 0.257 e. The molecule has 1 saturated carbocycles. The average Bonchev–Trinajstić information content (AvgIpc) is 3.21. The van der Waals surface area contributed by atoms with E-state index in [1.165, 1.54) is 18.4 Å². The van der Waals surface area contributed by atoms with E-state index in [4.69, 9.17) is 4.74 Å². The smallest absolute Gasteiger partial charge is 0.257 e. The molecule has 2 aromatic rings. The Bertz CT molecular complexity index is 793. The van der Waals surface area contributed by atoms with Gasteiger partial charge < -0.3 is 9.64 Å². The van der Waals surface area contributed by atoms with Crippen LogP contribution in [0.2, 0.25) is 0 Å². The Kier molecular flexibility index (Phi) is 4.50. The third kappa shape index (κ3) is 3.30. The molecule has 0 bridgehead atoms. The van der Waals surface area contributed by atoms with Crippen molar-refractivity contribution in [1.29, 1.82) is 0 Å². The van der Waals surface area contributed by atoms with Gasteiger partial charge in [0.2, 0.25) is 0 Å². The fourth-order valence-corrected chi connectivity index (χ4v) is 5.22. The number of pyridine rings is 1. The molecule has 1 amide bonds. The minimum atomic E-state index is -0.772. The Labute approximate surface area is 164 Å². The minimum absolute atomic E-state index is 0.0442. The molecule has 2 aliphatic heterocycles. The summed E-state index contributed by atoms with van der Waals surface area (Å²) in [4.78, 5) is 22.4. The molecular formula is C21H25N3O2S. The first kappa shape index (κ1) is 17.3. The molecule has 142 valence electrons. The number of rotatable bonds is 5. The van der Waals surface area contributed by atoms with E-state index < -0.39 is 5.60 Å². The molecule has 6 heteroatoms. The van der Waals surface area contributed by atoms with Gasteiger partial charge in [0.25, 0.3) is 5.91 Å². The van der Waals surface area contributed by atoms with Crippen molar-refractivity contribution in [3.63, 3.8) is 0 Å². The lowest BCUT2D eigenvalue weighted by Crippen LogP contribution is -2.60. The van der Waals surface area contributed by atoms with Crippen molar-refractivity contribution in [3.8, 4) is 0 Å². The second-order valence-electron chi connectivity index (χ2n) is 8.07. The molecule has 27 heavy (non-hydrogen) atoms. The maximum absolute atomic E-state index is 13.7. The fourth-order valence-electron chi connectivity index (χ4n) is 4.56. The van der Waals surface area contributed by atoms with Crippen molar-refractivity contribution >= 4 is 17.2 Å². The van der Waals surface area contributed by atoms with Gasteiger partial charge >= 0.3 is 0 Å². The average molecular weight is 384 g/mol. The zero-order chi connectivity index (χ0) is 18.3. The lowest BCUT2D eigenvalue weighted by atomic mass is 9.83. The molecule has 0 N–H and O–H groups in total. The number of morpholine rings is 1. The Balaban J connectivity index is 1.44. The van der Waals surface area contributed by atoms with Crippen LogP contribution >= 0.6 is 11.3 Å². The van der Waals surface area contributed by atoms with Gasteiger partial charge in [-0.2, -0.15) is 11.3 Å². The van der Waals surface area contributed by atoms with Crippen LogP contribution in [0.1, 0.15) is 29.9 Å². The van der Waals surface area contributed by atoms with E-state index in [-0.39, 0.29) is 11.8 Å². The number of ether oxygens (including phenoxy) is 1. The van der Waals surface area contributed by atoms with Crippen LogP contribution < -0.4 is 0 Å². The molecule has 1 aliphatic carbocycles. The van der Waals surface area contributed by atoms with E-state index in [9.17, 15) is 4.79 Å². The van der Waals surface area contributed by atoms with Gasteiger partial charge in [-0.25, -0.2) is 0 Å². The third-order valence-electron chi connectivity index (χ3n) is 6.09. The van der Waals surface area contributed by atoms with Gasteiger partial charge in [0.15, 0.2) is 5.60 Å². The highest BCUT2D eigenvalue weighted by molar-refractivity contribution is 7.07. The number of carbonyl (C=O) groups excluding carboxylic acids is 1. The lowest BCUT2D eigenvalue weighted by Gasteiger charge is -2.42. The van der Waals surface area contributed by atoms with E-state index in [0.717, 1.165) is 24.6 Å². The van der Waals surface area contributed by atoms with Crippen molar-refractivity contribution in [1.82, 2.24) is 14.8 Å². The highest BCUT2D eigenvalue weighted by atomic mass is 32.1. The van der Waals surface area contributed by atoms with Crippen molar-refractivity contribution < 1.29 is 9.53 Å². The molecule has 1 spiro atoms. The Morgan fingerprint density at radius 2 is 2.26 bits per heavy atom. The number of amides is 1. The molecule has 0 aromatic carbocycles. The second kappa shape index (κ2) is 7.00. The van der Waals surface area contributed by atoms with Crippen molar-refractivity contribution in [2.45, 2.75) is 30.9 Å². The van der Waals surface area contributed by atoms with Crippen LogP contribution in [0.3, 0.4) is 0 Å². The predicted molar refractivity (Wildman–Crippen MR) is 105 cm³/mol. The molecule has 3 fully saturated rings. The van der Waals surface area contributed by atoms with Crippen LogP contribution in [0.5, 0.6) is 0 Å². The van der Waals surface area contributed by atoms with Gasteiger partial charge in [0.1, 0.15) is 0 Å². The zero-order valence-electron chi connectivity index (χ0n) is 15.4. The molecule has 5 rings (SSSR count). The van der Waals surface area contributed by atoms with E-state index in [1.54, 1.807) is 17.5 Å². The van der Waals surface area contributed by atoms with Crippen LogP contribution in [-0.4, -0.2) is 59.1 Å². The normalized spacial score (nSPS) is 29.0. The van der Waals surface area contributed by atoms with E-state index in [2.05, 4.69) is 32.8 Å². The van der Waals surface area contributed by atoms with Crippen LogP contribution in [0, 0.1) is 5.92 Å². The Morgan fingerprint density at radius 1 is 1.33 bits per heavy atom. The molecular weight excluding hydrogens is 358 g/mol. The van der Waals surface area contributed by atoms with Gasteiger partial charge in [-0.05, 0) is 52.8 Å².